The number of nitrogens with zero attached hydrogens (tertiary/aromatic N) is 1. The summed E-state index contributed by atoms with van der Waals surface area (Å²) < 4.78 is 2.18. The fourth-order valence-corrected chi connectivity index (χ4v) is 2.90. The standard InChI is InChI=1S/C13H13BrN2O2S/c1-16-7-10(14)6-11(13(16)18)15-12(17)3-2-9-4-5-19-8-9/h4-8H,2-3H2,1H3,(H,15,17). The molecule has 4 nitrogen and oxygen atoms in total. The first-order valence-corrected chi connectivity index (χ1v) is 7.47. The summed E-state index contributed by atoms with van der Waals surface area (Å²) in [6.45, 7) is 0. The lowest BCUT2D eigenvalue weighted by molar-refractivity contribution is -0.116. The number of aryl methyl sites for hydroxylation is 2. The van der Waals surface area contributed by atoms with Crippen molar-refractivity contribution in [2.45, 2.75) is 12.8 Å². The molecule has 0 unspecified atom stereocenters. The smallest absolute Gasteiger partial charge is 0.274 e. The van der Waals surface area contributed by atoms with Gasteiger partial charge in [-0.1, -0.05) is 0 Å². The van der Waals surface area contributed by atoms with Gasteiger partial charge in [-0.15, -0.1) is 0 Å². The first-order chi connectivity index (χ1) is 9.06. The molecule has 19 heavy (non-hydrogen) atoms. The minimum Gasteiger partial charge on any atom is -0.321 e. The molecule has 1 N–H and O–H groups in total. The normalized spacial score (nSPS) is 10.4. The van der Waals surface area contributed by atoms with Crippen LogP contribution in [0.4, 0.5) is 5.69 Å². The third kappa shape index (κ3) is 3.78. The van der Waals surface area contributed by atoms with Gasteiger partial charge in [0.25, 0.3) is 5.56 Å². The van der Waals surface area contributed by atoms with Gasteiger partial charge in [0.05, 0.1) is 0 Å². The monoisotopic (exact) mass is 340 g/mol. The third-order valence-electron chi connectivity index (χ3n) is 2.64. The van der Waals surface area contributed by atoms with E-state index < -0.39 is 0 Å². The fourth-order valence-electron chi connectivity index (χ4n) is 1.67. The highest BCUT2D eigenvalue weighted by Crippen LogP contribution is 2.13. The van der Waals surface area contributed by atoms with Crippen molar-refractivity contribution in [2.75, 3.05) is 5.32 Å². The lowest BCUT2D eigenvalue weighted by atomic mass is 10.2. The molecule has 2 aromatic heterocycles. The van der Waals surface area contributed by atoms with Crippen LogP contribution in [0.15, 0.2) is 38.4 Å². The minimum absolute atomic E-state index is 0.151. The average Bonchev–Trinajstić information content (AvgIpc) is 2.86. The average molecular weight is 341 g/mol. The number of pyridine rings is 1. The van der Waals surface area contributed by atoms with E-state index in [0.29, 0.717) is 18.5 Å². The summed E-state index contributed by atoms with van der Waals surface area (Å²) >= 11 is 4.91. The van der Waals surface area contributed by atoms with E-state index in [0.717, 1.165) is 10.0 Å². The van der Waals surface area contributed by atoms with E-state index in [2.05, 4.69) is 21.2 Å². The highest BCUT2D eigenvalue weighted by molar-refractivity contribution is 9.10. The zero-order valence-corrected chi connectivity index (χ0v) is 12.8. The predicted molar refractivity (Wildman–Crippen MR) is 80.7 cm³/mol. The molecule has 6 heteroatoms. The first kappa shape index (κ1) is 14.0. The maximum absolute atomic E-state index is 11.8. The van der Waals surface area contributed by atoms with Crippen molar-refractivity contribution in [3.63, 3.8) is 0 Å². The van der Waals surface area contributed by atoms with Gasteiger partial charge in [-0.25, -0.2) is 0 Å². The molecule has 0 aromatic carbocycles. The van der Waals surface area contributed by atoms with Crippen LogP contribution in [0.25, 0.3) is 0 Å². The van der Waals surface area contributed by atoms with Crippen molar-refractivity contribution in [3.8, 4) is 0 Å². The second-order valence-corrected chi connectivity index (χ2v) is 5.86. The topological polar surface area (TPSA) is 51.1 Å². The van der Waals surface area contributed by atoms with Crippen molar-refractivity contribution >= 4 is 38.9 Å². The molecule has 0 atom stereocenters. The molecule has 0 spiro atoms. The molecule has 100 valence electrons. The quantitative estimate of drug-likeness (QED) is 0.930. The highest BCUT2D eigenvalue weighted by atomic mass is 79.9. The van der Waals surface area contributed by atoms with E-state index in [1.54, 1.807) is 30.6 Å². The van der Waals surface area contributed by atoms with Crippen molar-refractivity contribution in [1.82, 2.24) is 4.57 Å². The maximum Gasteiger partial charge on any atom is 0.274 e. The number of carbonyl (C=O) groups is 1. The molecule has 2 heterocycles. The van der Waals surface area contributed by atoms with E-state index in [9.17, 15) is 9.59 Å². The molecule has 0 radical (unpaired) electrons. The summed E-state index contributed by atoms with van der Waals surface area (Å²) in [6.07, 6.45) is 2.71. The third-order valence-corrected chi connectivity index (χ3v) is 3.81. The molecule has 0 saturated carbocycles. The van der Waals surface area contributed by atoms with Gasteiger partial charge in [0.1, 0.15) is 5.69 Å². The van der Waals surface area contributed by atoms with Gasteiger partial charge in [-0.3, -0.25) is 9.59 Å². The number of hydrogen-bond donors (Lipinski definition) is 1. The van der Waals surface area contributed by atoms with Crippen LogP contribution in [0.5, 0.6) is 0 Å². The van der Waals surface area contributed by atoms with Crippen LogP contribution < -0.4 is 10.9 Å². The van der Waals surface area contributed by atoms with E-state index in [1.807, 2.05) is 16.8 Å². The van der Waals surface area contributed by atoms with Gasteiger partial charge in [0.2, 0.25) is 5.91 Å². The summed E-state index contributed by atoms with van der Waals surface area (Å²) in [6, 6.07) is 3.61. The van der Waals surface area contributed by atoms with Gasteiger partial charge >= 0.3 is 0 Å². The molecule has 0 aliphatic carbocycles. The molecule has 2 aromatic rings. The Labute approximate surface area is 123 Å². The van der Waals surface area contributed by atoms with Gasteiger partial charge < -0.3 is 9.88 Å². The zero-order valence-electron chi connectivity index (χ0n) is 10.4. The van der Waals surface area contributed by atoms with Crippen LogP contribution in [0, 0.1) is 0 Å². The number of anilines is 1. The van der Waals surface area contributed by atoms with Crippen LogP contribution in [0.3, 0.4) is 0 Å². The molecular weight excluding hydrogens is 328 g/mol. The Kier molecular flexibility index (Phi) is 4.55. The summed E-state index contributed by atoms with van der Waals surface area (Å²) in [5, 5.41) is 6.66. The number of halogens is 1. The van der Waals surface area contributed by atoms with Crippen LogP contribution >= 0.6 is 27.3 Å². The van der Waals surface area contributed by atoms with Crippen molar-refractivity contribution < 1.29 is 4.79 Å². The Balaban J connectivity index is 2.01. The van der Waals surface area contributed by atoms with Crippen LogP contribution in [0.2, 0.25) is 0 Å². The number of hydrogen-bond acceptors (Lipinski definition) is 3. The Morgan fingerprint density at radius 2 is 2.32 bits per heavy atom. The number of carbonyl (C=O) groups excluding carboxylic acids is 1. The van der Waals surface area contributed by atoms with Crippen LogP contribution in [-0.4, -0.2) is 10.5 Å². The number of thiophene rings is 1. The molecule has 0 fully saturated rings. The second kappa shape index (κ2) is 6.16. The van der Waals surface area contributed by atoms with Crippen molar-refractivity contribution in [1.29, 1.82) is 0 Å². The van der Waals surface area contributed by atoms with Gasteiger partial charge in [-0.05, 0) is 50.8 Å². The molecule has 2 rings (SSSR count). The van der Waals surface area contributed by atoms with E-state index >= 15 is 0 Å². The Hall–Kier alpha value is -1.40. The lowest BCUT2D eigenvalue weighted by Gasteiger charge is -2.06. The largest absolute Gasteiger partial charge is 0.321 e. The molecular formula is C13H13BrN2O2S. The van der Waals surface area contributed by atoms with Crippen molar-refractivity contribution in [3.05, 3.63) is 49.5 Å². The number of nitrogens with one attached hydrogen (secondary N) is 1. The number of amides is 1. The molecule has 1 amide bonds. The molecule has 0 bridgehead atoms. The Morgan fingerprint density at radius 3 is 3.00 bits per heavy atom. The summed E-state index contributed by atoms with van der Waals surface area (Å²) in [5.41, 5.74) is 1.22. The van der Waals surface area contributed by atoms with Gasteiger partial charge in [0.15, 0.2) is 0 Å². The Morgan fingerprint density at radius 1 is 1.53 bits per heavy atom. The van der Waals surface area contributed by atoms with Gasteiger partial charge in [-0.2, -0.15) is 11.3 Å². The predicted octanol–water partition coefficient (Wildman–Crippen LogP) is 2.78. The molecule has 0 saturated heterocycles. The summed E-state index contributed by atoms with van der Waals surface area (Å²) in [5.74, 6) is -0.151. The maximum atomic E-state index is 11.8. The first-order valence-electron chi connectivity index (χ1n) is 5.73. The number of rotatable bonds is 4. The SMILES string of the molecule is Cn1cc(Br)cc(NC(=O)CCc2ccsc2)c1=O. The second-order valence-electron chi connectivity index (χ2n) is 4.17. The molecule has 0 aliphatic heterocycles. The van der Waals surface area contributed by atoms with Crippen molar-refractivity contribution in [2.24, 2.45) is 7.05 Å². The lowest BCUT2D eigenvalue weighted by Crippen LogP contribution is -2.24. The molecule has 0 aliphatic rings. The van der Waals surface area contributed by atoms with E-state index in [1.165, 1.54) is 4.57 Å². The minimum atomic E-state index is -0.216. The van der Waals surface area contributed by atoms with Crippen LogP contribution in [-0.2, 0) is 18.3 Å². The number of aromatic nitrogens is 1. The van der Waals surface area contributed by atoms with Crippen LogP contribution in [0.1, 0.15) is 12.0 Å². The summed E-state index contributed by atoms with van der Waals surface area (Å²) in [4.78, 5) is 23.6. The van der Waals surface area contributed by atoms with Gasteiger partial charge in [0, 0.05) is 24.1 Å². The fraction of sp³-hybridized carbons (Fsp3) is 0.231. The highest BCUT2D eigenvalue weighted by Gasteiger charge is 2.08. The Bertz CT molecular complexity index is 635. The summed E-state index contributed by atoms with van der Waals surface area (Å²) in [7, 11) is 1.65. The van der Waals surface area contributed by atoms with E-state index in [4.69, 9.17) is 0 Å². The van der Waals surface area contributed by atoms with E-state index in [-0.39, 0.29) is 11.5 Å². The zero-order chi connectivity index (χ0) is 13.8.